The third-order valence-corrected chi connectivity index (χ3v) is 5.53. The number of nitrogens with zero attached hydrogens (tertiary/aromatic N) is 3. The molecule has 0 aliphatic heterocycles. The highest BCUT2D eigenvalue weighted by atomic mass is 35.5. The van der Waals surface area contributed by atoms with Crippen LogP contribution in [-0.2, 0) is 28.5 Å². The number of nitrogens with one attached hydrogen (secondary N) is 4. The summed E-state index contributed by atoms with van der Waals surface area (Å²) in [5.74, 6) is -1.10. The van der Waals surface area contributed by atoms with Crippen LogP contribution in [0, 0.1) is 0 Å². The Kier molecular flexibility index (Phi) is 15.8. The molecule has 0 aliphatic rings. The Labute approximate surface area is 257 Å². The zero-order chi connectivity index (χ0) is 32.6. The topological polar surface area (TPSA) is 192 Å². The SMILES string of the molecule is COC(=O)C(CCCCNC(=O)OC(C)(C)C)Nc1nc(Cl)nc(NC(CCCCNC(=O)OC(C)(C)C)C(=O)OC)n1. The average Bonchev–Trinajstić information content (AvgIpc) is 2.88. The summed E-state index contributed by atoms with van der Waals surface area (Å²) in [4.78, 5) is 60.7. The van der Waals surface area contributed by atoms with Crippen LogP contribution >= 0.6 is 11.6 Å². The van der Waals surface area contributed by atoms with Crippen LogP contribution in [0.2, 0.25) is 5.28 Å². The number of ether oxygens (including phenoxy) is 4. The molecule has 0 spiro atoms. The summed E-state index contributed by atoms with van der Waals surface area (Å²) in [6.45, 7) is 11.4. The number of methoxy groups -OCH3 is 2. The van der Waals surface area contributed by atoms with Gasteiger partial charge in [-0.25, -0.2) is 19.2 Å². The number of hydrogen-bond donors (Lipinski definition) is 4. The predicted octanol–water partition coefficient (Wildman–Crippen LogP) is 3.82. The van der Waals surface area contributed by atoms with Gasteiger partial charge in [0.05, 0.1) is 14.2 Å². The highest BCUT2D eigenvalue weighted by molar-refractivity contribution is 6.28. The molecule has 43 heavy (non-hydrogen) atoms. The van der Waals surface area contributed by atoms with Crippen LogP contribution < -0.4 is 21.3 Å². The summed E-state index contributed by atoms with van der Waals surface area (Å²) < 4.78 is 20.2. The average molecular weight is 632 g/mol. The molecule has 1 aromatic rings. The first-order chi connectivity index (χ1) is 20.0. The maximum absolute atomic E-state index is 12.4. The number of halogens is 1. The van der Waals surface area contributed by atoms with E-state index in [1.807, 2.05) is 0 Å². The van der Waals surface area contributed by atoms with Gasteiger partial charge in [0.25, 0.3) is 0 Å². The summed E-state index contributed by atoms with van der Waals surface area (Å²) in [6, 6.07) is -1.63. The number of esters is 2. The van der Waals surface area contributed by atoms with E-state index in [4.69, 9.17) is 30.5 Å². The molecule has 0 saturated heterocycles. The molecule has 2 amide bonds. The lowest BCUT2D eigenvalue weighted by molar-refractivity contribution is -0.142. The Balaban J connectivity index is 2.74. The molecular formula is C27H46ClN7O8. The van der Waals surface area contributed by atoms with Crippen molar-refractivity contribution in [3.63, 3.8) is 0 Å². The van der Waals surface area contributed by atoms with E-state index in [1.54, 1.807) is 41.5 Å². The zero-order valence-electron chi connectivity index (χ0n) is 26.3. The molecule has 244 valence electrons. The standard InChI is InChI=1S/C27H46ClN7O8/c1-26(2,3)42-24(38)29-15-11-9-13-17(19(36)40-7)31-22-33-21(28)34-23(35-22)32-18(20(37)41-8)14-10-12-16-30-25(39)43-27(4,5)6/h17-18H,9-16H2,1-8H3,(H,29,38)(H,30,39)(H2,31,32,33,34,35). The summed E-state index contributed by atoms with van der Waals surface area (Å²) in [5, 5.41) is 11.0. The number of anilines is 2. The molecule has 0 saturated carbocycles. The van der Waals surface area contributed by atoms with E-state index < -0.39 is 47.4 Å². The van der Waals surface area contributed by atoms with E-state index in [2.05, 4.69) is 36.2 Å². The van der Waals surface area contributed by atoms with Gasteiger partial charge in [-0.3, -0.25) is 0 Å². The molecule has 0 aromatic carbocycles. The van der Waals surface area contributed by atoms with Crippen molar-refractivity contribution in [2.24, 2.45) is 0 Å². The first-order valence-electron chi connectivity index (χ1n) is 14.1. The first kappa shape index (κ1) is 37.4. The normalized spacial score (nSPS) is 12.8. The molecule has 2 atom stereocenters. The lowest BCUT2D eigenvalue weighted by atomic mass is 10.1. The zero-order valence-corrected chi connectivity index (χ0v) is 27.1. The Hall–Kier alpha value is -3.62. The predicted molar refractivity (Wildman–Crippen MR) is 160 cm³/mol. The molecular weight excluding hydrogens is 586 g/mol. The van der Waals surface area contributed by atoms with Crippen molar-refractivity contribution in [3.8, 4) is 0 Å². The molecule has 2 unspecified atom stereocenters. The summed E-state index contributed by atoms with van der Waals surface area (Å²) >= 11 is 6.11. The van der Waals surface area contributed by atoms with Crippen LogP contribution in [0.25, 0.3) is 0 Å². The Morgan fingerprint density at radius 2 is 1.05 bits per heavy atom. The second-order valence-electron chi connectivity index (χ2n) is 11.5. The minimum Gasteiger partial charge on any atom is -0.467 e. The number of rotatable bonds is 16. The van der Waals surface area contributed by atoms with Gasteiger partial charge in [0.15, 0.2) is 0 Å². The minimum absolute atomic E-state index is 0.00467. The Morgan fingerprint density at radius 3 is 1.37 bits per heavy atom. The molecule has 1 aromatic heterocycles. The van der Waals surface area contributed by atoms with Gasteiger partial charge < -0.3 is 40.2 Å². The molecule has 0 fully saturated rings. The fourth-order valence-corrected chi connectivity index (χ4v) is 3.69. The molecule has 4 N–H and O–H groups in total. The first-order valence-corrected chi connectivity index (χ1v) is 14.4. The Morgan fingerprint density at radius 1 is 0.674 bits per heavy atom. The van der Waals surface area contributed by atoms with Crippen LogP contribution in [0.3, 0.4) is 0 Å². The van der Waals surface area contributed by atoms with Crippen molar-refractivity contribution in [1.82, 2.24) is 25.6 Å². The number of aromatic nitrogens is 3. The molecule has 0 radical (unpaired) electrons. The molecule has 0 bridgehead atoms. The highest BCUT2D eigenvalue weighted by Gasteiger charge is 2.24. The molecule has 1 heterocycles. The number of carbonyl (C=O) groups is 4. The van der Waals surface area contributed by atoms with Crippen LogP contribution in [0.5, 0.6) is 0 Å². The van der Waals surface area contributed by atoms with E-state index in [0.717, 1.165) is 0 Å². The van der Waals surface area contributed by atoms with Gasteiger partial charge in [0.2, 0.25) is 17.2 Å². The van der Waals surface area contributed by atoms with Gasteiger partial charge >= 0.3 is 24.1 Å². The Bertz CT molecular complexity index is 985. The summed E-state index contributed by atoms with van der Waals surface area (Å²) in [6.07, 6.45) is 1.92. The minimum atomic E-state index is -0.813. The largest absolute Gasteiger partial charge is 0.467 e. The molecule has 16 heteroatoms. The lowest BCUT2D eigenvalue weighted by Crippen LogP contribution is -2.34. The highest BCUT2D eigenvalue weighted by Crippen LogP contribution is 2.16. The lowest BCUT2D eigenvalue weighted by Gasteiger charge is -2.20. The van der Waals surface area contributed by atoms with E-state index >= 15 is 0 Å². The molecule has 1 rings (SSSR count). The van der Waals surface area contributed by atoms with Crippen LogP contribution in [-0.4, -0.2) is 89.7 Å². The van der Waals surface area contributed by atoms with Gasteiger partial charge in [-0.1, -0.05) is 0 Å². The number of hydrogen-bond acceptors (Lipinski definition) is 13. The van der Waals surface area contributed by atoms with E-state index in [-0.39, 0.29) is 17.2 Å². The third-order valence-electron chi connectivity index (χ3n) is 5.36. The fourth-order valence-electron chi connectivity index (χ4n) is 3.53. The summed E-state index contributed by atoms with van der Waals surface area (Å²) in [5.41, 5.74) is -1.19. The van der Waals surface area contributed by atoms with Crippen molar-refractivity contribution < 1.29 is 38.1 Å². The van der Waals surface area contributed by atoms with Gasteiger partial charge in [-0.2, -0.15) is 15.0 Å². The molecule has 15 nitrogen and oxygen atoms in total. The van der Waals surface area contributed by atoms with Crippen LogP contribution in [0.4, 0.5) is 21.5 Å². The monoisotopic (exact) mass is 631 g/mol. The number of amides is 2. The van der Waals surface area contributed by atoms with Crippen LogP contribution in [0.1, 0.15) is 80.1 Å². The van der Waals surface area contributed by atoms with Gasteiger partial charge in [-0.15, -0.1) is 0 Å². The van der Waals surface area contributed by atoms with E-state index in [9.17, 15) is 19.2 Å². The maximum atomic E-state index is 12.4. The number of alkyl carbamates (subject to hydrolysis) is 2. The van der Waals surface area contributed by atoms with Crippen molar-refractivity contribution >= 4 is 47.6 Å². The molecule has 0 aliphatic carbocycles. The number of unbranched alkanes of at least 4 members (excludes halogenated alkanes) is 2. The van der Waals surface area contributed by atoms with E-state index in [0.29, 0.717) is 51.6 Å². The van der Waals surface area contributed by atoms with Crippen molar-refractivity contribution in [2.75, 3.05) is 37.9 Å². The maximum Gasteiger partial charge on any atom is 0.407 e. The van der Waals surface area contributed by atoms with Gasteiger partial charge in [0, 0.05) is 13.1 Å². The fraction of sp³-hybridized carbons (Fsp3) is 0.741. The van der Waals surface area contributed by atoms with Crippen molar-refractivity contribution in [3.05, 3.63) is 5.28 Å². The second kappa shape index (κ2) is 18.1. The van der Waals surface area contributed by atoms with E-state index in [1.165, 1.54) is 14.2 Å². The van der Waals surface area contributed by atoms with Crippen LogP contribution in [0.15, 0.2) is 0 Å². The number of carbonyl (C=O) groups excluding carboxylic acids is 4. The van der Waals surface area contributed by atoms with Gasteiger partial charge in [-0.05, 0) is 91.7 Å². The van der Waals surface area contributed by atoms with Crippen molar-refractivity contribution in [2.45, 2.75) is 103 Å². The van der Waals surface area contributed by atoms with Crippen molar-refractivity contribution in [1.29, 1.82) is 0 Å². The smallest absolute Gasteiger partial charge is 0.407 e. The quantitative estimate of drug-likeness (QED) is 0.117. The third kappa shape index (κ3) is 17.2. The second-order valence-corrected chi connectivity index (χ2v) is 11.9. The summed E-state index contributed by atoms with van der Waals surface area (Å²) in [7, 11) is 2.52. The van der Waals surface area contributed by atoms with Gasteiger partial charge in [0.1, 0.15) is 23.3 Å².